The molecule has 1 amide bonds. The molecule has 1 aromatic heterocycles. The minimum atomic E-state index is -0.405. The number of ether oxygens (including phenoxy) is 2. The molecule has 0 saturated carbocycles. The molecule has 0 bridgehead atoms. The van der Waals surface area contributed by atoms with Crippen LogP contribution in [0.25, 0.3) is 16.3 Å². The maximum atomic E-state index is 13.7. The number of nitrogens with one attached hydrogen (secondary N) is 1. The van der Waals surface area contributed by atoms with E-state index < -0.39 is 5.82 Å². The van der Waals surface area contributed by atoms with E-state index in [2.05, 4.69) is 10.3 Å². The van der Waals surface area contributed by atoms with Crippen LogP contribution in [0.5, 0.6) is 11.5 Å². The van der Waals surface area contributed by atoms with Crippen molar-refractivity contribution in [1.29, 1.82) is 0 Å². The van der Waals surface area contributed by atoms with Gasteiger partial charge in [-0.05, 0) is 49.8 Å². The van der Waals surface area contributed by atoms with E-state index in [0.717, 1.165) is 5.56 Å². The lowest BCUT2D eigenvalue weighted by Crippen LogP contribution is -2.07. The number of amides is 1. The first kappa shape index (κ1) is 18.8. The highest BCUT2D eigenvalue weighted by Gasteiger charge is 2.09. The molecule has 0 spiro atoms. The molecule has 7 heteroatoms. The van der Waals surface area contributed by atoms with Crippen LogP contribution in [0.4, 0.5) is 9.52 Å². The Hall–Kier alpha value is -2.93. The van der Waals surface area contributed by atoms with E-state index in [1.54, 1.807) is 18.2 Å². The van der Waals surface area contributed by atoms with Crippen LogP contribution in [0, 0.1) is 5.82 Å². The summed E-state index contributed by atoms with van der Waals surface area (Å²) in [6, 6.07) is 10.2. The van der Waals surface area contributed by atoms with E-state index in [0.29, 0.717) is 34.5 Å². The summed E-state index contributed by atoms with van der Waals surface area (Å²) >= 11 is 1.22. The molecule has 0 unspecified atom stereocenters. The Morgan fingerprint density at radius 2 is 1.96 bits per heavy atom. The number of nitrogens with zero attached hydrogens (tertiary/aromatic N) is 1. The SMILES string of the molecule is CCOc1ccc(/C=C/C(=O)Nc2nc3c(F)cccc3s2)cc1OCC. The molecule has 0 atom stereocenters. The van der Waals surface area contributed by atoms with Gasteiger partial charge in [0.15, 0.2) is 16.6 Å². The highest BCUT2D eigenvalue weighted by Crippen LogP contribution is 2.29. The number of thiazole rings is 1. The average Bonchev–Trinajstić information content (AvgIpc) is 3.06. The molecule has 140 valence electrons. The molecule has 0 saturated heterocycles. The molecular formula is C20H19FN2O3S. The fraction of sp³-hybridized carbons (Fsp3) is 0.200. The Morgan fingerprint density at radius 1 is 1.19 bits per heavy atom. The number of carbonyl (C=O) groups is 1. The van der Waals surface area contributed by atoms with Crippen LogP contribution >= 0.6 is 11.3 Å². The highest BCUT2D eigenvalue weighted by atomic mass is 32.1. The van der Waals surface area contributed by atoms with E-state index in [9.17, 15) is 9.18 Å². The van der Waals surface area contributed by atoms with Gasteiger partial charge in [-0.2, -0.15) is 0 Å². The lowest BCUT2D eigenvalue weighted by Gasteiger charge is -2.11. The van der Waals surface area contributed by atoms with Gasteiger partial charge in [-0.15, -0.1) is 0 Å². The summed E-state index contributed by atoms with van der Waals surface area (Å²) in [6.07, 6.45) is 3.06. The second kappa shape index (κ2) is 8.64. The Bertz CT molecular complexity index is 985. The number of rotatable bonds is 7. The molecule has 0 aliphatic heterocycles. The first-order valence-electron chi connectivity index (χ1n) is 8.54. The van der Waals surface area contributed by atoms with Crippen molar-refractivity contribution in [3.8, 4) is 11.5 Å². The van der Waals surface area contributed by atoms with Crippen LogP contribution in [0.2, 0.25) is 0 Å². The standard InChI is InChI=1S/C20H19FN2O3S/c1-3-25-15-10-8-13(12-16(15)26-4-2)9-11-18(24)22-20-23-19-14(21)6-5-7-17(19)27-20/h5-12H,3-4H2,1-2H3,(H,22,23,24)/b11-9+. The summed E-state index contributed by atoms with van der Waals surface area (Å²) in [4.78, 5) is 16.3. The van der Waals surface area contributed by atoms with Gasteiger partial charge in [0.25, 0.3) is 0 Å². The number of anilines is 1. The van der Waals surface area contributed by atoms with E-state index in [1.165, 1.54) is 23.5 Å². The van der Waals surface area contributed by atoms with Gasteiger partial charge in [-0.1, -0.05) is 23.5 Å². The molecule has 0 radical (unpaired) electrons. The van der Waals surface area contributed by atoms with Gasteiger partial charge in [-0.25, -0.2) is 9.37 Å². The normalized spacial score (nSPS) is 11.1. The number of para-hydroxylation sites is 1. The number of fused-ring (bicyclic) bond motifs is 1. The van der Waals surface area contributed by atoms with Gasteiger partial charge < -0.3 is 9.47 Å². The van der Waals surface area contributed by atoms with E-state index in [1.807, 2.05) is 32.0 Å². The Kier molecular flexibility index (Phi) is 6.03. The Morgan fingerprint density at radius 3 is 2.70 bits per heavy atom. The molecule has 5 nitrogen and oxygen atoms in total. The Balaban J connectivity index is 1.71. The van der Waals surface area contributed by atoms with Crippen molar-refractivity contribution in [1.82, 2.24) is 4.98 Å². The maximum absolute atomic E-state index is 13.7. The first-order chi connectivity index (χ1) is 13.1. The molecular weight excluding hydrogens is 367 g/mol. The lowest BCUT2D eigenvalue weighted by molar-refractivity contribution is -0.111. The third-order valence-corrected chi connectivity index (χ3v) is 4.53. The summed E-state index contributed by atoms with van der Waals surface area (Å²) in [6.45, 7) is 4.86. The van der Waals surface area contributed by atoms with Crippen LogP contribution in [0.3, 0.4) is 0 Å². The van der Waals surface area contributed by atoms with Crippen molar-refractivity contribution < 1.29 is 18.7 Å². The minimum absolute atomic E-state index is 0.259. The van der Waals surface area contributed by atoms with Gasteiger partial charge in [0.05, 0.1) is 17.9 Å². The van der Waals surface area contributed by atoms with E-state index in [4.69, 9.17) is 9.47 Å². The van der Waals surface area contributed by atoms with E-state index in [-0.39, 0.29) is 11.4 Å². The molecule has 0 aliphatic rings. The topological polar surface area (TPSA) is 60.5 Å². The number of benzene rings is 2. The third-order valence-electron chi connectivity index (χ3n) is 3.59. The van der Waals surface area contributed by atoms with Crippen molar-refractivity contribution in [2.24, 2.45) is 0 Å². The number of hydrogen-bond acceptors (Lipinski definition) is 5. The number of aromatic nitrogens is 1. The summed E-state index contributed by atoms with van der Waals surface area (Å²) in [5.41, 5.74) is 1.06. The highest BCUT2D eigenvalue weighted by molar-refractivity contribution is 7.22. The monoisotopic (exact) mass is 386 g/mol. The predicted octanol–water partition coefficient (Wildman–Crippen LogP) is 4.88. The van der Waals surface area contributed by atoms with Crippen LogP contribution in [-0.4, -0.2) is 24.1 Å². The number of halogens is 1. The number of carbonyl (C=O) groups excluding carboxylic acids is 1. The predicted molar refractivity (Wildman–Crippen MR) is 106 cm³/mol. The van der Waals surface area contributed by atoms with Crippen molar-refractivity contribution in [2.75, 3.05) is 18.5 Å². The minimum Gasteiger partial charge on any atom is -0.490 e. The second-order valence-corrected chi connectivity index (χ2v) is 6.53. The van der Waals surface area contributed by atoms with E-state index >= 15 is 0 Å². The number of hydrogen-bond donors (Lipinski definition) is 1. The fourth-order valence-electron chi connectivity index (χ4n) is 2.46. The molecule has 3 rings (SSSR count). The van der Waals surface area contributed by atoms with Crippen LogP contribution < -0.4 is 14.8 Å². The summed E-state index contributed by atoms with van der Waals surface area (Å²) in [7, 11) is 0. The zero-order valence-corrected chi connectivity index (χ0v) is 15.8. The molecule has 27 heavy (non-hydrogen) atoms. The van der Waals surface area contributed by atoms with Gasteiger partial charge in [-0.3, -0.25) is 10.1 Å². The molecule has 0 aliphatic carbocycles. The zero-order valence-electron chi connectivity index (χ0n) is 15.0. The van der Waals surface area contributed by atoms with Crippen molar-refractivity contribution >= 4 is 38.7 Å². The largest absolute Gasteiger partial charge is 0.490 e. The molecule has 3 aromatic rings. The maximum Gasteiger partial charge on any atom is 0.250 e. The van der Waals surface area contributed by atoms with Gasteiger partial charge in [0.1, 0.15) is 11.3 Å². The summed E-state index contributed by atoms with van der Waals surface area (Å²) in [5.74, 6) is 0.542. The summed E-state index contributed by atoms with van der Waals surface area (Å²) < 4.78 is 25.5. The zero-order chi connectivity index (χ0) is 19.2. The third kappa shape index (κ3) is 4.62. The molecule has 1 N–H and O–H groups in total. The van der Waals surface area contributed by atoms with Crippen LogP contribution in [-0.2, 0) is 4.79 Å². The smallest absolute Gasteiger partial charge is 0.250 e. The van der Waals surface area contributed by atoms with Crippen LogP contribution in [0.15, 0.2) is 42.5 Å². The molecule has 2 aromatic carbocycles. The van der Waals surface area contributed by atoms with Gasteiger partial charge in [0.2, 0.25) is 5.91 Å². The first-order valence-corrected chi connectivity index (χ1v) is 9.36. The van der Waals surface area contributed by atoms with Gasteiger partial charge in [0, 0.05) is 6.08 Å². The van der Waals surface area contributed by atoms with Crippen molar-refractivity contribution in [2.45, 2.75) is 13.8 Å². The average molecular weight is 386 g/mol. The Labute approximate surface area is 160 Å². The van der Waals surface area contributed by atoms with Crippen LogP contribution in [0.1, 0.15) is 19.4 Å². The lowest BCUT2D eigenvalue weighted by atomic mass is 10.2. The van der Waals surface area contributed by atoms with Crippen molar-refractivity contribution in [3.63, 3.8) is 0 Å². The van der Waals surface area contributed by atoms with Crippen molar-refractivity contribution in [3.05, 3.63) is 53.9 Å². The quantitative estimate of drug-likeness (QED) is 0.588. The second-order valence-electron chi connectivity index (χ2n) is 5.50. The molecule has 0 fully saturated rings. The van der Waals surface area contributed by atoms with Gasteiger partial charge >= 0.3 is 0 Å². The fourth-order valence-corrected chi connectivity index (χ4v) is 3.34. The summed E-state index contributed by atoms with van der Waals surface area (Å²) in [5, 5.41) is 3.01. The molecule has 1 heterocycles.